The minimum atomic E-state index is -0.461. The average molecular weight is 556 g/mol. The molecule has 0 spiro atoms. The van der Waals surface area contributed by atoms with Crippen LogP contribution in [0.5, 0.6) is 17.2 Å². The first kappa shape index (κ1) is 25.7. The Morgan fingerprint density at radius 2 is 1.76 bits per heavy atom. The average Bonchev–Trinajstić information content (AvgIpc) is 3.55. The fraction of sp³-hybridized carbons (Fsp3) is 0.222. The highest BCUT2D eigenvalue weighted by molar-refractivity contribution is 6.42. The predicted molar refractivity (Wildman–Crippen MR) is 142 cm³/mol. The first-order chi connectivity index (χ1) is 18.4. The molecule has 1 fully saturated rings. The van der Waals surface area contributed by atoms with Gasteiger partial charge in [0.05, 0.1) is 16.0 Å². The molecular formula is C27H23Cl2N3O6. The second kappa shape index (κ2) is 11.2. The third-order valence-electron chi connectivity index (χ3n) is 6.12. The summed E-state index contributed by atoms with van der Waals surface area (Å²) in [5.41, 5.74) is 2.03. The van der Waals surface area contributed by atoms with Crippen molar-refractivity contribution in [2.45, 2.75) is 13.0 Å². The maximum Gasteiger partial charge on any atom is 0.262 e. The number of hydrogen-bond donors (Lipinski definition) is 2. The Bertz CT molecular complexity index is 1380. The molecule has 3 aromatic carbocycles. The quantitative estimate of drug-likeness (QED) is 0.426. The van der Waals surface area contributed by atoms with Gasteiger partial charge in [0.15, 0.2) is 18.1 Å². The number of rotatable bonds is 8. The third kappa shape index (κ3) is 5.95. The van der Waals surface area contributed by atoms with Gasteiger partial charge in [0.25, 0.3) is 5.91 Å². The minimum absolute atomic E-state index is 0.125. The molecule has 3 amide bonds. The van der Waals surface area contributed by atoms with E-state index >= 15 is 0 Å². The lowest BCUT2D eigenvalue weighted by Gasteiger charge is -2.17. The van der Waals surface area contributed by atoms with E-state index in [1.54, 1.807) is 53.4 Å². The van der Waals surface area contributed by atoms with Crippen LogP contribution >= 0.6 is 23.2 Å². The monoisotopic (exact) mass is 555 g/mol. The smallest absolute Gasteiger partial charge is 0.262 e. The molecule has 2 aliphatic rings. The Kier molecular flexibility index (Phi) is 7.57. The summed E-state index contributed by atoms with van der Waals surface area (Å²) in [5.74, 6) is 0.643. The van der Waals surface area contributed by atoms with Gasteiger partial charge in [-0.3, -0.25) is 14.4 Å². The van der Waals surface area contributed by atoms with Crippen molar-refractivity contribution >= 4 is 52.3 Å². The second-order valence-corrected chi connectivity index (χ2v) is 9.58. The lowest BCUT2D eigenvalue weighted by atomic mass is 10.1. The summed E-state index contributed by atoms with van der Waals surface area (Å²) < 4.78 is 16.2. The Hall–Kier alpha value is -3.95. The van der Waals surface area contributed by atoms with Crippen LogP contribution in [0.3, 0.4) is 0 Å². The number of ether oxygens (including phenoxy) is 3. The first-order valence-corrected chi connectivity index (χ1v) is 12.6. The van der Waals surface area contributed by atoms with Crippen LogP contribution in [-0.2, 0) is 20.9 Å². The lowest BCUT2D eigenvalue weighted by molar-refractivity contribution is -0.126. The third-order valence-corrected chi connectivity index (χ3v) is 6.86. The fourth-order valence-corrected chi connectivity index (χ4v) is 4.46. The van der Waals surface area contributed by atoms with Crippen molar-refractivity contribution in [3.8, 4) is 17.2 Å². The number of amides is 3. The zero-order valence-electron chi connectivity index (χ0n) is 20.0. The summed E-state index contributed by atoms with van der Waals surface area (Å²) >= 11 is 11.8. The molecule has 3 aromatic rings. The predicted octanol–water partition coefficient (Wildman–Crippen LogP) is 4.41. The maximum absolute atomic E-state index is 12.7. The van der Waals surface area contributed by atoms with Crippen LogP contribution in [0.15, 0.2) is 60.7 Å². The van der Waals surface area contributed by atoms with Crippen molar-refractivity contribution in [1.82, 2.24) is 5.32 Å². The summed E-state index contributed by atoms with van der Waals surface area (Å²) in [4.78, 5) is 39.1. The maximum atomic E-state index is 12.7. The molecule has 0 aliphatic carbocycles. The van der Waals surface area contributed by atoms with Gasteiger partial charge in [-0.05, 0) is 60.2 Å². The van der Waals surface area contributed by atoms with Gasteiger partial charge in [-0.25, -0.2) is 0 Å². The Balaban J connectivity index is 1.10. The van der Waals surface area contributed by atoms with E-state index < -0.39 is 5.92 Å². The normalized spacial score (nSPS) is 15.9. The van der Waals surface area contributed by atoms with Crippen molar-refractivity contribution in [2.24, 2.45) is 5.92 Å². The van der Waals surface area contributed by atoms with Crippen molar-refractivity contribution in [3.05, 3.63) is 76.3 Å². The van der Waals surface area contributed by atoms with E-state index in [0.29, 0.717) is 45.2 Å². The fourth-order valence-electron chi connectivity index (χ4n) is 4.16. The zero-order valence-corrected chi connectivity index (χ0v) is 21.6. The number of carbonyl (C=O) groups is 3. The molecule has 196 valence electrons. The molecule has 0 unspecified atom stereocenters. The van der Waals surface area contributed by atoms with Gasteiger partial charge in [0.2, 0.25) is 18.6 Å². The van der Waals surface area contributed by atoms with Crippen LogP contribution in [0.25, 0.3) is 0 Å². The van der Waals surface area contributed by atoms with Crippen LogP contribution in [0.4, 0.5) is 11.4 Å². The summed E-state index contributed by atoms with van der Waals surface area (Å²) in [7, 11) is 0. The second-order valence-electron chi connectivity index (χ2n) is 8.77. The van der Waals surface area contributed by atoms with Crippen molar-refractivity contribution < 1.29 is 28.6 Å². The molecule has 11 heteroatoms. The van der Waals surface area contributed by atoms with Crippen LogP contribution in [0.1, 0.15) is 12.0 Å². The summed E-state index contributed by atoms with van der Waals surface area (Å²) in [6.07, 6.45) is 0.125. The SMILES string of the molecule is O=C(COc1ccc(N2C[C@H](C(=O)NCc3ccc4c(c3)OCO4)CC2=O)cc1)Nc1ccc(Cl)c(Cl)c1. The molecule has 1 atom stereocenters. The number of halogens is 2. The van der Waals surface area contributed by atoms with E-state index in [1.807, 2.05) is 12.1 Å². The molecule has 0 aromatic heterocycles. The molecule has 2 N–H and O–H groups in total. The summed E-state index contributed by atoms with van der Waals surface area (Å²) in [5, 5.41) is 6.31. The number of benzene rings is 3. The standard InChI is InChI=1S/C27H23Cl2N3O6/c28-21-7-2-18(11-22(21)29)31-25(33)14-36-20-5-3-19(4-6-20)32-13-17(10-26(32)34)27(35)30-12-16-1-8-23-24(9-16)38-15-37-23/h1-9,11,17H,10,12-15H2,(H,30,35)(H,31,33)/t17-/m1/s1. The van der Waals surface area contributed by atoms with E-state index in [4.69, 9.17) is 37.4 Å². The van der Waals surface area contributed by atoms with Crippen molar-refractivity contribution in [3.63, 3.8) is 0 Å². The van der Waals surface area contributed by atoms with Crippen LogP contribution in [0, 0.1) is 5.92 Å². The number of carbonyl (C=O) groups excluding carboxylic acids is 3. The largest absolute Gasteiger partial charge is 0.484 e. The molecule has 1 saturated heterocycles. The molecule has 2 heterocycles. The topological polar surface area (TPSA) is 106 Å². The number of nitrogens with one attached hydrogen (secondary N) is 2. The molecular weight excluding hydrogens is 533 g/mol. The van der Waals surface area contributed by atoms with Gasteiger partial charge in [-0.15, -0.1) is 0 Å². The Morgan fingerprint density at radius 1 is 0.974 bits per heavy atom. The van der Waals surface area contributed by atoms with E-state index in [0.717, 1.165) is 5.56 Å². The highest BCUT2D eigenvalue weighted by Crippen LogP contribution is 2.33. The van der Waals surface area contributed by atoms with Gasteiger partial charge >= 0.3 is 0 Å². The Labute approximate surface area is 228 Å². The van der Waals surface area contributed by atoms with Crippen molar-refractivity contribution in [2.75, 3.05) is 30.2 Å². The van der Waals surface area contributed by atoms with Gasteiger partial charge in [0, 0.05) is 30.9 Å². The summed E-state index contributed by atoms with van der Waals surface area (Å²) in [6.45, 7) is 0.574. The van der Waals surface area contributed by atoms with E-state index in [2.05, 4.69) is 10.6 Å². The number of anilines is 2. The molecule has 5 rings (SSSR count). The van der Waals surface area contributed by atoms with Crippen LogP contribution < -0.4 is 29.7 Å². The lowest BCUT2D eigenvalue weighted by Crippen LogP contribution is -2.32. The van der Waals surface area contributed by atoms with E-state index in [9.17, 15) is 14.4 Å². The first-order valence-electron chi connectivity index (χ1n) is 11.8. The molecule has 2 aliphatic heterocycles. The van der Waals surface area contributed by atoms with Gasteiger partial charge in [-0.1, -0.05) is 29.3 Å². The van der Waals surface area contributed by atoms with Crippen molar-refractivity contribution in [1.29, 1.82) is 0 Å². The van der Waals surface area contributed by atoms with Gasteiger partial charge in [0.1, 0.15) is 5.75 Å². The molecule has 0 bridgehead atoms. The molecule has 9 nitrogen and oxygen atoms in total. The highest BCUT2D eigenvalue weighted by Gasteiger charge is 2.35. The number of fused-ring (bicyclic) bond motifs is 1. The van der Waals surface area contributed by atoms with E-state index in [1.165, 1.54) is 0 Å². The summed E-state index contributed by atoms with van der Waals surface area (Å²) in [6, 6.07) is 17.0. The highest BCUT2D eigenvalue weighted by atomic mass is 35.5. The van der Waals surface area contributed by atoms with Gasteiger partial charge < -0.3 is 29.7 Å². The van der Waals surface area contributed by atoms with Gasteiger partial charge in [-0.2, -0.15) is 0 Å². The molecule has 0 radical (unpaired) electrons. The Morgan fingerprint density at radius 3 is 2.55 bits per heavy atom. The number of hydrogen-bond acceptors (Lipinski definition) is 6. The molecule has 0 saturated carbocycles. The number of nitrogens with zero attached hydrogens (tertiary/aromatic N) is 1. The van der Waals surface area contributed by atoms with E-state index in [-0.39, 0.29) is 44.1 Å². The van der Waals surface area contributed by atoms with Crippen LogP contribution in [-0.4, -0.2) is 37.7 Å². The zero-order chi connectivity index (χ0) is 26.6. The minimum Gasteiger partial charge on any atom is -0.484 e. The molecule has 38 heavy (non-hydrogen) atoms. The van der Waals surface area contributed by atoms with Crippen LogP contribution in [0.2, 0.25) is 10.0 Å².